The van der Waals surface area contributed by atoms with E-state index >= 15 is 0 Å². The molecule has 0 fully saturated rings. The molecule has 0 amide bonds. The summed E-state index contributed by atoms with van der Waals surface area (Å²) in [6.07, 6.45) is 2.76. The number of hydrogen-bond acceptors (Lipinski definition) is 4. The Labute approximate surface area is 117 Å². The number of nitrogens with zero attached hydrogens (tertiary/aromatic N) is 3. The molecule has 0 radical (unpaired) electrons. The summed E-state index contributed by atoms with van der Waals surface area (Å²) in [5.74, 6) is 0. The van der Waals surface area contributed by atoms with Gasteiger partial charge in [-0.15, -0.1) is 0 Å². The van der Waals surface area contributed by atoms with Crippen LogP contribution in [0.5, 0.6) is 0 Å². The third-order valence-corrected chi connectivity index (χ3v) is 3.26. The number of nitro benzene ring substituents is 1. The molecule has 0 saturated carbocycles. The van der Waals surface area contributed by atoms with Crippen molar-refractivity contribution in [2.24, 2.45) is 7.05 Å². The van der Waals surface area contributed by atoms with Gasteiger partial charge in [0.2, 0.25) is 0 Å². The van der Waals surface area contributed by atoms with Crippen LogP contribution in [0.4, 0.5) is 5.69 Å². The summed E-state index contributed by atoms with van der Waals surface area (Å²) in [5, 5.41) is 18.5. The SMILES string of the molecule is Cc1c(CNCCc2ccn(C)n2)cccc1[N+](=O)[O-]. The molecule has 0 unspecified atom stereocenters. The van der Waals surface area contributed by atoms with E-state index in [9.17, 15) is 10.1 Å². The minimum Gasteiger partial charge on any atom is -0.312 e. The Morgan fingerprint density at radius 3 is 2.85 bits per heavy atom. The lowest BCUT2D eigenvalue weighted by Crippen LogP contribution is -2.17. The quantitative estimate of drug-likeness (QED) is 0.496. The molecule has 106 valence electrons. The lowest BCUT2D eigenvalue weighted by Gasteiger charge is -2.07. The predicted molar refractivity (Wildman–Crippen MR) is 76.5 cm³/mol. The molecule has 1 N–H and O–H groups in total. The topological polar surface area (TPSA) is 73.0 Å². The summed E-state index contributed by atoms with van der Waals surface area (Å²) in [4.78, 5) is 10.5. The van der Waals surface area contributed by atoms with E-state index in [1.165, 1.54) is 6.07 Å². The molecule has 6 heteroatoms. The molecule has 0 atom stereocenters. The molecule has 20 heavy (non-hydrogen) atoms. The van der Waals surface area contributed by atoms with Gasteiger partial charge in [0.15, 0.2) is 0 Å². The Kier molecular flexibility index (Phi) is 4.47. The average molecular weight is 274 g/mol. The zero-order valence-electron chi connectivity index (χ0n) is 11.7. The van der Waals surface area contributed by atoms with Crippen molar-refractivity contribution in [3.05, 3.63) is 57.4 Å². The maximum absolute atomic E-state index is 10.9. The van der Waals surface area contributed by atoms with Gasteiger partial charge in [-0.3, -0.25) is 14.8 Å². The molecule has 1 heterocycles. The summed E-state index contributed by atoms with van der Waals surface area (Å²) >= 11 is 0. The summed E-state index contributed by atoms with van der Waals surface area (Å²) in [7, 11) is 1.89. The van der Waals surface area contributed by atoms with Gasteiger partial charge in [0, 0.05) is 44.4 Å². The Morgan fingerprint density at radius 2 is 2.20 bits per heavy atom. The van der Waals surface area contributed by atoms with Crippen LogP contribution in [0.3, 0.4) is 0 Å². The monoisotopic (exact) mass is 274 g/mol. The van der Waals surface area contributed by atoms with Crippen LogP contribution >= 0.6 is 0 Å². The molecular formula is C14H18N4O2. The van der Waals surface area contributed by atoms with Crippen LogP contribution in [-0.4, -0.2) is 21.2 Å². The lowest BCUT2D eigenvalue weighted by molar-refractivity contribution is -0.385. The first-order valence-electron chi connectivity index (χ1n) is 6.50. The number of rotatable bonds is 6. The predicted octanol–water partition coefficient (Wildman–Crippen LogP) is 1.97. The van der Waals surface area contributed by atoms with Crippen LogP contribution in [0.25, 0.3) is 0 Å². The maximum Gasteiger partial charge on any atom is 0.272 e. The molecule has 6 nitrogen and oxygen atoms in total. The van der Waals surface area contributed by atoms with Crippen LogP contribution in [0.15, 0.2) is 30.5 Å². The van der Waals surface area contributed by atoms with Gasteiger partial charge in [-0.1, -0.05) is 12.1 Å². The fourth-order valence-electron chi connectivity index (χ4n) is 2.10. The molecule has 0 aliphatic rings. The third-order valence-electron chi connectivity index (χ3n) is 3.26. The maximum atomic E-state index is 10.9. The molecule has 0 aliphatic heterocycles. The van der Waals surface area contributed by atoms with Gasteiger partial charge in [-0.05, 0) is 18.6 Å². The van der Waals surface area contributed by atoms with Crippen molar-refractivity contribution >= 4 is 5.69 Å². The van der Waals surface area contributed by atoms with Crippen LogP contribution < -0.4 is 5.32 Å². The summed E-state index contributed by atoms with van der Waals surface area (Å²) in [6.45, 7) is 3.20. The van der Waals surface area contributed by atoms with E-state index in [0.717, 1.165) is 29.8 Å². The largest absolute Gasteiger partial charge is 0.312 e. The molecule has 1 aromatic carbocycles. The second-order valence-electron chi connectivity index (χ2n) is 4.73. The summed E-state index contributed by atoms with van der Waals surface area (Å²) in [5.41, 5.74) is 2.90. The molecule has 0 spiro atoms. The van der Waals surface area contributed by atoms with E-state index in [1.807, 2.05) is 25.4 Å². The van der Waals surface area contributed by atoms with Crippen LogP contribution in [-0.2, 0) is 20.0 Å². The van der Waals surface area contributed by atoms with Gasteiger partial charge in [0.1, 0.15) is 0 Å². The second kappa shape index (κ2) is 6.29. The van der Waals surface area contributed by atoms with Crippen molar-refractivity contribution in [3.8, 4) is 0 Å². The van der Waals surface area contributed by atoms with Gasteiger partial charge < -0.3 is 5.32 Å². The van der Waals surface area contributed by atoms with Crippen LogP contribution in [0.2, 0.25) is 0 Å². The number of aryl methyl sites for hydroxylation is 1. The zero-order chi connectivity index (χ0) is 14.5. The number of hydrogen-bond donors (Lipinski definition) is 1. The minimum atomic E-state index is -0.341. The highest BCUT2D eigenvalue weighted by Gasteiger charge is 2.12. The first kappa shape index (κ1) is 14.2. The normalized spacial score (nSPS) is 10.7. The Hall–Kier alpha value is -2.21. The zero-order valence-corrected chi connectivity index (χ0v) is 11.7. The van der Waals surface area contributed by atoms with Crippen molar-refractivity contribution < 1.29 is 4.92 Å². The van der Waals surface area contributed by atoms with E-state index in [0.29, 0.717) is 6.54 Å². The first-order valence-corrected chi connectivity index (χ1v) is 6.50. The van der Waals surface area contributed by atoms with E-state index in [4.69, 9.17) is 0 Å². The highest BCUT2D eigenvalue weighted by Crippen LogP contribution is 2.20. The van der Waals surface area contributed by atoms with Gasteiger partial charge in [0.05, 0.1) is 10.6 Å². The third kappa shape index (κ3) is 3.42. The van der Waals surface area contributed by atoms with E-state index in [1.54, 1.807) is 17.7 Å². The fraction of sp³-hybridized carbons (Fsp3) is 0.357. The second-order valence-corrected chi connectivity index (χ2v) is 4.73. The molecule has 0 bridgehead atoms. The van der Waals surface area contributed by atoms with Crippen molar-refractivity contribution in [2.45, 2.75) is 19.9 Å². The van der Waals surface area contributed by atoms with Gasteiger partial charge >= 0.3 is 0 Å². The van der Waals surface area contributed by atoms with Crippen molar-refractivity contribution in [1.29, 1.82) is 0 Å². The summed E-state index contributed by atoms with van der Waals surface area (Å²) < 4.78 is 1.78. The number of aromatic nitrogens is 2. The first-order chi connectivity index (χ1) is 9.58. The number of nitrogens with one attached hydrogen (secondary N) is 1. The molecule has 0 aliphatic carbocycles. The molecule has 2 rings (SSSR count). The summed E-state index contributed by atoms with van der Waals surface area (Å²) in [6, 6.07) is 7.16. The smallest absolute Gasteiger partial charge is 0.272 e. The van der Waals surface area contributed by atoms with Gasteiger partial charge in [-0.25, -0.2) is 0 Å². The molecular weight excluding hydrogens is 256 g/mol. The number of nitro groups is 1. The highest BCUT2D eigenvalue weighted by atomic mass is 16.6. The van der Waals surface area contributed by atoms with Gasteiger partial charge in [0.25, 0.3) is 5.69 Å². The van der Waals surface area contributed by atoms with Crippen molar-refractivity contribution in [2.75, 3.05) is 6.54 Å². The minimum absolute atomic E-state index is 0.175. The Balaban J connectivity index is 1.88. The van der Waals surface area contributed by atoms with Crippen molar-refractivity contribution in [3.63, 3.8) is 0 Å². The average Bonchev–Trinajstić information content (AvgIpc) is 2.82. The van der Waals surface area contributed by atoms with Gasteiger partial charge in [-0.2, -0.15) is 5.10 Å². The fourth-order valence-corrected chi connectivity index (χ4v) is 2.10. The Morgan fingerprint density at radius 1 is 1.40 bits per heavy atom. The van der Waals surface area contributed by atoms with E-state index < -0.39 is 0 Å². The molecule has 2 aromatic rings. The molecule has 0 saturated heterocycles. The molecule has 1 aromatic heterocycles. The van der Waals surface area contributed by atoms with Crippen LogP contribution in [0.1, 0.15) is 16.8 Å². The van der Waals surface area contributed by atoms with E-state index in [-0.39, 0.29) is 10.6 Å². The number of benzene rings is 1. The van der Waals surface area contributed by atoms with Crippen LogP contribution in [0, 0.1) is 17.0 Å². The standard InChI is InChI=1S/C14H18N4O2/c1-11-12(4-3-5-14(11)18(19)20)10-15-8-6-13-7-9-17(2)16-13/h3-5,7,9,15H,6,8,10H2,1-2H3. The lowest BCUT2D eigenvalue weighted by atomic mass is 10.1. The highest BCUT2D eigenvalue weighted by molar-refractivity contribution is 5.44. The van der Waals surface area contributed by atoms with E-state index in [2.05, 4.69) is 10.4 Å². The Bertz CT molecular complexity index is 607. The van der Waals surface area contributed by atoms with Crippen molar-refractivity contribution in [1.82, 2.24) is 15.1 Å².